The average Bonchev–Trinajstić information content (AvgIpc) is 2.67. The van der Waals surface area contributed by atoms with Crippen molar-refractivity contribution in [1.82, 2.24) is 25.3 Å². The van der Waals surface area contributed by atoms with E-state index in [2.05, 4.69) is 31.1 Å². The molecule has 1 aliphatic heterocycles. The number of rotatable bonds is 6. The zero-order valence-electron chi connectivity index (χ0n) is 15.4. The summed E-state index contributed by atoms with van der Waals surface area (Å²) < 4.78 is 0. The normalized spacial score (nSPS) is 15.0. The van der Waals surface area contributed by atoms with Crippen molar-refractivity contribution in [2.24, 2.45) is 0 Å². The highest BCUT2D eigenvalue weighted by atomic mass is 35.5. The van der Waals surface area contributed by atoms with Crippen LogP contribution >= 0.6 is 23.2 Å². The molecule has 1 aliphatic rings. The third kappa shape index (κ3) is 5.21. The van der Waals surface area contributed by atoms with Crippen LogP contribution in [0.2, 0.25) is 10.0 Å². The number of carbonyl (C=O) groups is 1. The molecule has 29 heavy (non-hydrogen) atoms. The topological polar surface area (TPSA) is 129 Å². The molecule has 0 bridgehead atoms. The van der Waals surface area contributed by atoms with Gasteiger partial charge in [-0.3, -0.25) is 31.2 Å². The molecule has 13 heteroatoms. The summed E-state index contributed by atoms with van der Waals surface area (Å²) in [6.45, 7) is 2.97. The number of aromatic nitrogens is 2. The lowest BCUT2D eigenvalue weighted by atomic mass is 10.2. The summed E-state index contributed by atoms with van der Waals surface area (Å²) in [4.78, 5) is 33.3. The number of hydrogen-bond acceptors (Lipinski definition) is 9. The van der Waals surface area contributed by atoms with Gasteiger partial charge < -0.3 is 4.90 Å². The number of piperazine rings is 1. The van der Waals surface area contributed by atoms with Crippen LogP contribution in [0.25, 0.3) is 0 Å². The van der Waals surface area contributed by atoms with E-state index in [0.717, 1.165) is 19.4 Å². The Morgan fingerprint density at radius 1 is 1.17 bits per heavy atom. The van der Waals surface area contributed by atoms with Gasteiger partial charge >= 0.3 is 5.69 Å². The molecule has 1 aromatic carbocycles. The van der Waals surface area contributed by atoms with Gasteiger partial charge in [0.05, 0.1) is 15.5 Å². The summed E-state index contributed by atoms with van der Waals surface area (Å²) in [6.07, 6.45) is 1.16. The Kier molecular flexibility index (Phi) is 6.64. The average molecular weight is 441 g/mol. The van der Waals surface area contributed by atoms with Crippen molar-refractivity contribution in [3.8, 4) is 0 Å². The van der Waals surface area contributed by atoms with E-state index in [1.54, 1.807) is 0 Å². The van der Waals surface area contributed by atoms with Gasteiger partial charge in [0, 0.05) is 31.2 Å². The van der Waals surface area contributed by atoms with E-state index in [4.69, 9.17) is 23.2 Å². The molecule has 2 heterocycles. The lowest BCUT2D eigenvalue weighted by molar-refractivity contribution is -0.383. The summed E-state index contributed by atoms with van der Waals surface area (Å²) in [5.41, 5.74) is 7.52. The van der Waals surface area contributed by atoms with Crippen LogP contribution in [0.5, 0.6) is 0 Å². The Balaban J connectivity index is 1.75. The second-order valence-corrected chi connectivity index (χ2v) is 7.13. The van der Waals surface area contributed by atoms with Gasteiger partial charge in [0.15, 0.2) is 0 Å². The SMILES string of the molecule is CN1CCN(Nc2ncnc(NNC(=O)c3ccc(Cl)cc3Cl)c2[N+](=O)[O-])CC1. The first kappa shape index (κ1) is 21.0. The summed E-state index contributed by atoms with van der Waals surface area (Å²) >= 11 is 11.8. The number of nitro groups is 1. The minimum Gasteiger partial charge on any atom is -0.304 e. The van der Waals surface area contributed by atoms with E-state index in [9.17, 15) is 14.9 Å². The molecule has 11 nitrogen and oxygen atoms in total. The second-order valence-electron chi connectivity index (χ2n) is 6.28. The van der Waals surface area contributed by atoms with Crippen molar-refractivity contribution < 1.29 is 9.72 Å². The predicted octanol–water partition coefficient (Wildman–Crippen LogP) is 2.02. The fourth-order valence-corrected chi connectivity index (χ4v) is 3.14. The number of amides is 1. The van der Waals surface area contributed by atoms with Crippen LogP contribution in [0.3, 0.4) is 0 Å². The Hall–Kier alpha value is -2.73. The van der Waals surface area contributed by atoms with Crippen molar-refractivity contribution >= 4 is 46.4 Å². The maximum absolute atomic E-state index is 12.3. The third-order valence-electron chi connectivity index (χ3n) is 4.24. The summed E-state index contributed by atoms with van der Waals surface area (Å²) in [6, 6.07) is 4.37. The number of nitrogens with one attached hydrogen (secondary N) is 3. The summed E-state index contributed by atoms with van der Waals surface area (Å²) in [5, 5.41) is 14.0. The highest BCUT2D eigenvalue weighted by Crippen LogP contribution is 2.29. The van der Waals surface area contributed by atoms with Crippen molar-refractivity contribution in [1.29, 1.82) is 0 Å². The second kappa shape index (κ2) is 9.18. The van der Waals surface area contributed by atoms with Crippen LogP contribution in [0, 0.1) is 10.1 Å². The highest BCUT2D eigenvalue weighted by molar-refractivity contribution is 6.36. The van der Waals surface area contributed by atoms with Crippen molar-refractivity contribution in [2.45, 2.75) is 0 Å². The van der Waals surface area contributed by atoms with E-state index in [0.29, 0.717) is 18.1 Å². The molecular formula is C16H18Cl2N8O3. The van der Waals surface area contributed by atoms with Gasteiger partial charge in [-0.25, -0.2) is 15.0 Å². The number of hydrazine groups is 2. The largest absolute Gasteiger partial charge is 0.356 e. The molecule has 2 aromatic rings. The highest BCUT2D eigenvalue weighted by Gasteiger charge is 2.26. The van der Waals surface area contributed by atoms with Gasteiger partial charge in [-0.2, -0.15) is 0 Å². The van der Waals surface area contributed by atoms with Gasteiger partial charge in [-0.05, 0) is 25.2 Å². The smallest absolute Gasteiger partial charge is 0.304 e. The fourth-order valence-electron chi connectivity index (χ4n) is 2.65. The molecule has 154 valence electrons. The van der Waals surface area contributed by atoms with Crippen molar-refractivity contribution in [3.63, 3.8) is 0 Å². The van der Waals surface area contributed by atoms with Crippen LogP contribution < -0.4 is 16.3 Å². The van der Waals surface area contributed by atoms with Crippen molar-refractivity contribution in [3.05, 3.63) is 50.2 Å². The Morgan fingerprint density at radius 3 is 2.52 bits per heavy atom. The molecule has 3 N–H and O–H groups in total. The molecule has 3 rings (SSSR count). The Bertz CT molecular complexity index is 921. The van der Waals surface area contributed by atoms with Gasteiger partial charge in [-0.1, -0.05) is 23.2 Å². The van der Waals surface area contributed by atoms with Crippen LogP contribution in [-0.4, -0.2) is 63.9 Å². The van der Waals surface area contributed by atoms with Gasteiger partial charge in [0.1, 0.15) is 6.33 Å². The molecular weight excluding hydrogens is 423 g/mol. The fraction of sp³-hybridized carbons (Fsp3) is 0.312. The standard InChI is InChI=1S/C16H18Cl2N8O3/c1-24-4-6-25(7-5-24)23-15-13(26(28)29)14(19-9-20-15)21-22-16(27)11-3-2-10(17)8-12(11)18/h2-3,8-9H,4-7H2,1H3,(H,22,27)(H2,19,20,21,23). The molecule has 0 unspecified atom stereocenters. The third-order valence-corrected chi connectivity index (χ3v) is 4.79. The molecule has 1 fully saturated rings. The summed E-state index contributed by atoms with van der Waals surface area (Å²) in [7, 11) is 2.00. The first-order valence-corrected chi connectivity index (χ1v) is 9.31. The number of nitrogens with zero attached hydrogens (tertiary/aromatic N) is 5. The van der Waals surface area contributed by atoms with E-state index >= 15 is 0 Å². The van der Waals surface area contributed by atoms with Crippen LogP contribution in [0.4, 0.5) is 17.3 Å². The molecule has 0 spiro atoms. The maximum atomic E-state index is 12.3. The molecule has 1 amide bonds. The zero-order chi connectivity index (χ0) is 21.0. The monoisotopic (exact) mass is 440 g/mol. The maximum Gasteiger partial charge on any atom is 0.356 e. The Labute approximate surface area is 176 Å². The van der Waals surface area contributed by atoms with E-state index in [-0.39, 0.29) is 22.2 Å². The zero-order valence-corrected chi connectivity index (χ0v) is 16.9. The number of likely N-dealkylation sites (N-methyl/N-ethyl adjacent to an activating group) is 1. The predicted molar refractivity (Wildman–Crippen MR) is 109 cm³/mol. The van der Waals surface area contributed by atoms with E-state index < -0.39 is 16.5 Å². The number of carbonyl (C=O) groups excluding carboxylic acids is 1. The first-order valence-electron chi connectivity index (χ1n) is 8.56. The van der Waals surface area contributed by atoms with Gasteiger partial charge in [0.2, 0.25) is 11.6 Å². The van der Waals surface area contributed by atoms with Crippen LogP contribution in [0.1, 0.15) is 10.4 Å². The summed E-state index contributed by atoms with van der Waals surface area (Å²) in [5.74, 6) is -0.746. The van der Waals surface area contributed by atoms with E-state index in [1.807, 2.05) is 12.1 Å². The first-order chi connectivity index (χ1) is 13.8. The number of hydrogen-bond donors (Lipinski definition) is 3. The minimum atomic E-state index is -0.623. The quantitative estimate of drug-likeness (QED) is 0.456. The molecule has 0 radical (unpaired) electrons. The lowest BCUT2D eigenvalue weighted by Crippen LogP contribution is -2.47. The van der Waals surface area contributed by atoms with Gasteiger partial charge in [-0.15, -0.1) is 0 Å². The molecule has 0 aliphatic carbocycles. The number of anilines is 2. The molecule has 1 saturated heterocycles. The number of benzene rings is 1. The minimum absolute atomic E-state index is 0.0239. The van der Waals surface area contributed by atoms with Crippen LogP contribution in [-0.2, 0) is 0 Å². The Morgan fingerprint density at radius 2 is 1.86 bits per heavy atom. The molecule has 0 saturated carbocycles. The molecule has 1 aromatic heterocycles. The van der Waals surface area contributed by atoms with Crippen LogP contribution in [0.15, 0.2) is 24.5 Å². The van der Waals surface area contributed by atoms with Crippen molar-refractivity contribution in [2.75, 3.05) is 44.1 Å². The van der Waals surface area contributed by atoms with E-state index in [1.165, 1.54) is 18.2 Å². The number of halogens is 2. The van der Waals surface area contributed by atoms with Gasteiger partial charge in [0.25, 0.3) is 5.91 Å². The molecule has 0 atom stereocenters. The lowest BCUT2D eigenvalue weighted by Gasteiger charge is -2.32.